The fraction of sp³-hybridized carbons (Fsp3) is 0.167. The maximum absolute atomic E-state index is 12.7. The predicted molar refractivity (Wildman–Crippen MR) is 136 cm³/mol. The van der Waals surface area contributed by atoms with Gasteiger partial charge >= 0.3 is 0 Å². The first kappa shape index (κ1) is 25.1. The fourth-order valence-electron chi connectivity index (χ4n) is 3.33. The first-order chi connectivity index (χ1) is 16.8. The SMILES string of the molecule is CS(=O)(=O)c1cccc(-c2ccc(-c3cc(C(=O)NCOCCO)nn3-c3ccccc3Cl)s2)c1. The Balaban J connectivity index is 1.73. The maximum atomic E-state index is 12.7. The molecule has 0 aliphatic heterocycles. The molecular weight excluding hydrogens is 510 g/mol. The number of benzene rings is 2. The first-order valence-electron chi connectivity index (χ1n) is 10.5. The lowest BCUT2D eigenvalue weighted by Crippen LogP contribution is -2.27. The standard InChI is InChI=1S/C24H22ClN3O5S2/c1-35(31,32)17-6-4-5-16(13-17)22-9-10-23(34-22)21-14-19(24(30)26-15-33-12-11-29)27-28(21)20-8-3-2-7-18(20)25/h2-10,13-14,29H,11-12,15H2,1H3,(H,26,30). The van der Waals surface area contributed by atoms with E-state index in [0.29, 0.717) is 16.4 Å². The predicted octanol–water partition coefficient (Wildman–Crippen LogP) is 4.02. The van der Waals surface area contributed by atoms with Gasteiger partial charge in [-0.2, -0.15) is 5.10 Å². The van der Waals surface area contributed by atoms with Crippen molar-refractivity contribution in [3.63, 3.8) is 0 Å². The number of para-hydroxylation sites is 1. The lowest BCUT2D eigenvalue weighted by atomic mass is 10.2. The van der Waals surface area contributed by atoms with Gasteiger partial charge < -0.3 is 15.2 Å². The number of sulfone groups is 1. The normalized spacial score (nSPS) is 11.5. The molecule has 2 aromatic carbocycles. The number of rotatable bonds is 9. The highest BCUT2D eigenvalue weighted by Crippen LogP contribution is 2.37. The number of nitrogens with one attached hydrogen (secondary N) is 1. The van der Waals surface area contributed by atoms with Gasteiger partial charge in [0.25, 0.3) is 5.91 Å². The minimum Gasteiger partial charge on any atom is -0.394 e. The Bertz CT molecular complexity index is 1460. The maximum Gasteiger partial charge on any atom is 0.273 e. The van der Waals surface area contributed by atoms with Crippen molar-refractivity contribution in [2.24, 2.45) is 0 Å². The third kappa shape index (κ3) is 5.80. The van der Waals surface area contributed by atoms with Gasteiger partial charge in [0.15, 0.2) is 15.5 Å². The van der Waals surface area contributed by atoms with Crippen LogP contribution < -0.4 is 5.32 Å². The number of hydrogen-bond donors (Lipinski definition) is 2. The topological polar surface area (TPSA) is 111 Å². The molecule has 11 heteroatoms. The molecule has 0 aliphatic carbocycles. The summed E-state index contributed by atoms with van der Waals surface area (Å²) < 4.78 is 30.7. The van der Waals surface area contributed by atoms with Crippen molar-refractivity contribution in [3.05, 3.63) is 77.4 Å². The summed E-state index contributed by atoms with van der Waals surface area (Å²) in [6.07, 6.45) is 1.18. The molecule has 182 valence electrons. The van der Waals surface area contributed by atoms with E-state index in [2.05, 4.69) is 10.4 Å². The second-order valence-electron chi connectivity index (χ2n) is 7.52. The number of thiophene rings is 1. The number of nitrogens with zero attached hydrogens (tertiary/aromatic N) is 2. The Kier molecular flexibility index (Phi) is 7.68. The van der Waals surface area contributed by atoms with Gasteiger partial charge in [-0.25, -0.2) is 13.1 Å². The first-order valence-corrected chi connectivity index (χ1v) is 13.6. The molecule has 1 amide bonds. The van der Waals surface area contributed by atoms with Crippen molar-refractivity contribution < 1.29 is 23.1 Å². The molecule has 8 nitrogen and oxygen atoms in total. The molecule has 35 heavy (non-hydrogen) atoms. The Morgan fingerprint density at radius 3 is 2.63 bits per heavy atom. The number of hydrogen-bond acceptors (Lipinski definition) is 7. The number of amides is 1. The molecule has 0 spiro atoms. The number of ether oxygens (including phenoxy) is 1. The van der Waals surface area contributed by atoms with Crippen LogP contribution in [0, 0.1) is 0 Å². The van der Waals surface area contributed by atoms with E-state index in [1.54, 1.807) is 47.1 Å². The van der Waals surface area contributed by atoms with E-state index in [1.807, 2.05) is 24.3 Å². The van der Waals surface area contributed by atoms with Crippen LogP contribution in [0.1, 0.15) is 10.5 Å². The number of carbonyl (C=O) groups is 1. The Hall–Kier alpha value is -3.02. The molecule has 0 saturated heterocycles. The zero-order chi connectivity index (χ0) is 25.0. The van der Waals surface area contributed by atoms with Crippen LogP contribution in [0.15, 0.2) is 71.6 Å². The monoisotopic (exact) mass is 531 g/mol. The van der Waals surface area contributed by atoms with Gasteiger partial charge in [0, 0.05) is 11.1 Å². The third-order valence-corrected chi connectivity index (χ3v) is 7.58. The number of aromatic nitrogens is 2. The molecule has 2 heterocycles. The molecule has 0 bridgehead atoms. The molecule has 0 atom stereocenters. The van der Waals surface area contributed by atoms with Crippen LogP contribution in [-0.4, -0.2) is 55.4 Å². The van der Waals surface area contributed by atoms with E-state index < -0.39 is 15.7 Å². The van der Waals surface area contributed by atoms with Crippen molar-refractivity contribution in [2.45, 2.75) is 4.90 Å². The van der Waals surface area contributed by atoms with E-state index in [9.17, 15) is 13.2 Å². The van der Waals surface area contributed by atoms with Gasteiger partial charge in [-0.05, 0) is 48.0 Å². The number of aliphatic hydroxyl groups excluding tert-OH is 1. The Morgan fingerprint density at radius 2 is 1.89 bits per heavy atom. The van der Waals surface area contributed by atoms with Gasteiger partial charge in [-0.1, -0.05) is 35.9 Å². The lowest BCUT2D eigenvalue weighted by Gasteiger charge is -2.08. The largest absolute Gasteiger partial charge is 0.394 e. The zero-order valence-corrected chi connectivity index (χ0v) is 21.0. The number of aliphatic hydroxyl groups is 1. The van der Waals surface area contributed by atoms with Gasteiger partial charge in [-0.3, -0.25) is 4.79 Å². The van der Waals surface area contributed by atoms with Gasteiger partial charge in [-0.15, -0.1) is 11.3 Å². The lowest BCUT2D eigenvalue weighted by molar-refractivity contribution is 0.0660. The average molecular weight is 532 g/mol. The summed E-state index contributed by atoms with van der Waals surface area (Å²) >= 11 is 7.87. The smallest absolute Gasteiger partial charge is 0.273 e. The fourth-order valence-corrected chi connectivity index (χ4v) is 5.22. The van der Waals surface area contributed by atoms with Crippen LogP contribution in [0.3, 0.4) is 0 Å². The summed E-state index contributed by atoms with van der Waals surface area (Å²) in [4.78, 5) is 14.6. The second-order valence-corrected chi connectivity index (χ2v) is 11.0. The number of carbonyl (C=O) groups excluding carboxylic acids is 1. The highest BCUT2D eigenvalue weighted by Gasteiger charge is 2.20. The van der Waals surface area contributed by atoms with Crippen molar-refractivity contribution >= 4 is 38.7 Å². The van der Waals surface area contributed by atoms with Crippen LogP contribution in [-0.2, 0) is 14.6 Å². The molecule has 4 aromatic rings. The molecule has 4 rings (SSSR count). The van der Waals surface area contributed by atoms with Crippen LogP contribution in [0.2, 0.25) is 5.02 Å². The highest BCUT2D eigenvalue weighted by molar-refractivity contribution is 7.90. The summed E-state index contributed by atoms with van der Waals surface area (Å²) in [6.45, 7) is -0.0967. The summed E-state index contributed by atoms with van der Waals surface area (Å²) in [7, 11) is -3.34. The molecule has 0 aliphatic rings. The zero-order valence-electron chi connectivity index (χ0n) is 18.6. The minimum absolute atomic E-state index is 0.0620. The second kappa shape index (κ2) is 10.7. The van der Waals surface area contributed by atoms with Crippen molar-refractivity contribution in [3.8, 4) is 26.7 Å². The molecular formula is C24H22ClN3O5S2. The quantitative estimate of drug-likeness (QED) is 0.249. The van der Waals surface area contributed by atoms with E-state index in [1.165, 1.54) is 17.6 Å². The summed E-state index contributed by atoms with van der Waals surface area (Å²) in [5.74, 6) is -0.437. The molecule has 2 aromatic heterocycles. The average Bonchev–Trinajstić information content (AvgIpc) is 3.49. The van der Waals surface area contributed by atoms with Gasteiger partial charge in [0.05, 0.1) is 39.4 Å². The van der Waals surface area contributed by atoms with Crippen molar-refractivity contribution in [1.29, 1.82) is 0 Å². The van der Waals surface area contributed by atoms with Crippen LogP contribution in [0.25, 0.3) is 26.7 Å². The van der Waals surface area contributed by atoms with Crippen molar-refractivity contribution in [2.75, 3.05) is 26.2 Å². The van der Waals surface area contributed by atoms with Crippen molar-refractivity contribution in [1.82, 2.24) is 15.1 Å². The summed E-state index contributed by atoms with van der Waals surface area (Å²) in [5, 5.41) is 16.4. The van der Waals surface area contributed by atoms with E-state index in [0.717, 1.165) is 15.3 Å². The van der Waals surface area contributed by atoms with Crippen LogP contribution in [0.5, 0.6) is 0 Å². The molecule has 2 N–H and O–H groups in total. The molecule has 0 unspecified atom stereocenters. The molecule has 0 fully saturated rings. The van der Waals surface area contributed by atoms with E-state index in [-0.39, 0.29) is 30.5 Å². The highest BCUT2D eigenvalue weighted by atomic mass is 35.5. The summed E-state index contributed by atoms with van der Waals surface area (Å²) in [6, 6.07) is 19.4. The van der Waals surface area contributed by atoms with Gasteiger partial charge in [0.1, 0.15) is 6.73 Å². The van der Waals surface area contributed by atoms with E-state index >= 15 is 0 Å². The Morgan fingerprint density at radius 1 is 1.11 bits per heavy atom. The van der Waals surface area contributed by atoms with Gasteiger partial charge in [0.2, 0.25) is 0 Å². The minimum atomic E-state index is -3.34. The van der Waals surface area contributed by atoms with Crippen LogP contribution in [0.4, 0.5) is 0 Å². The molecule has 0 saturated carbocycles. The number of halogens is 1. The summed E-state index contributed by atoms with van der Waals surface area (Å²) in [5.41, 5.74) is 2.19. The third-order valence-electron chi connectivity index (χ3n) is 5.00. The van der Waals surface area contributed by atoms with Crippen LogP contribution >= 0.6 is 22.9 Å². The molecule has 0 radical (unpaired) electrons. The Labute approximate surface area is 211 Å². The van der Waals surface area contributed by atoms with E-state index in [4.69, 9.17) is 21.4 Å².